The molecule has 0 N–H and O–H groups in total. The van der Waals surface area contributed by atoms with Crippen LogP contribution in [-0.2, 0) is 26.2 Å². The van der Waals surface area contributed by atoms with Crippen LogP contribution in [0.3, 0.4) is 0 Å². The van der Waals surface area contributed by atoms with Gasteiger partial charge in [-0.05, 0) is 0 Å². The van der Waals surface area contributed by atoms with Crippen LogP contribution in [0.5, 0.6) is 0 Å². The number of hydrogen-bond donors (Lipinski definition) is 0. The van der Waals surface area contributed by atoms with E-state index in [4.69, 9.17) is 0 Å². The Balaban J connectivity index is 0. The Hall–Kier alpha value is 1.77. The third-order valence-corrected chi connectivity index (χ3v) is 0. The normalized spacial score (nSPS) is 0. The van der Waals surface area contributed by atoms with Gasteiger partial charge in [0, 0.05) is 0 Å². The van der Waals surface area contributed by atoms with E-state index in [1.165, 1.54) is 0 Å². The van der Waals surface area contributed by atoms with Crippen LogP contribution in [-0.4, -0.2) is 0 Å². The fraction of sp³-hybridized carbons (Fsp3) is 0. The van der Waals surface area contributed by atoms with Gasteiger partial charge in [-0.1, -0.05) is 0 Å². The molecule has 57 valence electrons. The summed E-state index contributed by atoms with van der Waals surface area (Å²) in [5, 5.41) is 0. The van der Waals surface area contributed by atoms with Crippen molar-refractivity contribution in [3.8, 4) is 0 Å². The Kier molecular flexibility index (Phi) is 8750. The molecule has 0 saturated heterocycles. The van der Waals surface area contributed by atoms with Gasteiger partial charge in [-0.25, -0.2) is 0 Å². The van der Waals surface area contributed by atoms with Crippen LogP contribution >= 0.6 is 0 Å². The van der Waals surface area contributed by atoms with E-state index in [0.717, 1.165) is 0 Å². The summed E-state index contributed by atoms with van der Waals surface area (Å²) >= 11 is 0. The predicted molar refractivity (Wildman–Crippen MR) is 0 cm³/mol. The molecule has 0 aromatic heterocycles. The second-order valence-electron chi connectivity index (χ2n) is 0. The van der Waals surface area contributed by atoms with Gasteiger partial charge < -0.3 is 32.9 Å². The molecule has 0 atom stereocenters. The fourth-order valence-corrected chi connectivity index (χ4v) is 0. The second kappa shape index (κ2) is 240. The molecule has 0 aromatic carbocycles. The van der Waals surface area contributed by atoms with E-state index in [9.17, 15) is 0 Å². The first-order valence-electron chi connectivity index (χ1n) is 0. The monoisotopic (exact) mass is 363 g/mol. The first-order valence-corrected chi connectivity index (χ1v) is 0. The molecule has 0 bridgehead atoms. The first kappa shape index (κ1) is 328. The van der Waals surface area contributed by atoms with Crippen molar-refractivity contribution in [1.29, 1.82) is 0 Å². The Morgan fingerprint density at radius 1 is 0.333 bits per heavy atom. The standard InChI is InChI=1S/Ce.7FH.Zr/h;7*1H;/q+3;;;;;;;;+4/p-7. The molecule has 0 spiro atoms. The Bertz CT molecular complexity index is 8.88. The van der Waals surface area contributed by atoms with E-state index in [0.29, 0.717) is 0 Å². The summed E-state index contributed by atoms with van der Waals surface area (Å²) in [5.41, 5.74) is 0. The maximum Gasteiger partial charge on any atom is 4.00 e. The summed E-state index contributed by atoms with van der Waals surface area (Å²) in [7, 11) is 0. The molecule has 0 aromatic rings. The van der Waals surface area contributed by atoms with Gasteiger partial charge in [0.15, 0.2) is 0 Å². The molecule has 0 aliphatic carbocycles. The largest absolute Gasteiger partial charge is 4.00 e. The van der Waals surface area contributed by atoms with Gasteiger partial charge in [0.2, 0.25) is 0 Å². The molecule has 0 nitrogen and oxygen atoms in total. The van der Waals surface area contributed by atoms with Gasteiger partial charge in [-0.15, -0.1) is 0 Å². The third kappa shape index (κ3) is 188. The summed E-state index contributed by atoms with van der Waals surface area (Å²) in [4.78, 5) is 0. The van der Waals surface area contributed by atoms with E-state index in [2.05, 4.69) is 0 Å². The van der Waals surface area contributed by atoms with Crippen LogP contribution < -0.4 is 32.9 Å². The molecular formula is CeF7Zr. The zero-order valence-electron chi connectivity index (χ0n) is 3.65. The van der Waals surface area contributed by atoms with Crippen LogP contribution in [0, 0.1) is 41.7 Å². The van der Waals surface area contributed by atoms with E-state index in [-0.39, 0.29) is 101 Å². The van der Waals surface area contributed by atoms with E-state index >= 15 is 0 Å². The quantitative estimate of drug-likeness (QED) is 0.375. The van der Waals surface area contributed by atoms with Crippen molar-refractivity contribution >= 4 is 0 Å². The topological polar surface area (TPSA) is 0 Å². The van der Waals surface area contributed by atoms with E-state index < -0.39 is 0 Å². The van der Waals surface area contributed by atoms with Gasteiger partial charge in [-0.3, -0.25) is 0 Å². The van der Waals surface area contributed by atoms with E-state index in [1.54, 1.807) is 0 Å². The summed E-state index contributed by atoms with van der Waals surface area (Å²) in [6, 6.07) is 0. The van der Waals surface area contributed by atoms with Crippen molar-refractivity contribution < 1.29 is 101 Å². The molecule has 9 heteroatoms. The second-order valence-corrected chi connectivity index (χ2v) is 0. The summed E-state index contributed by atoms with van der Waals surface area (Å²) in [6.45, 7) is 0. The molecule has 9 heavy (non-hydrogen) atoms. The Morgan fingerprint density at radius 2 is 0.333 bits per heavy atom. The minimum atomic E-state index is 0. The molecular weight excluding hydrogens is 364 g/mol. The van der Waals surface area contributed by atoms with Crippen LogP contribution in [0.15, 0.2) is 0 Å². The van der Waals surface area contributed by atoms with Crippen molar-refractivity contribution in [3.05, 3.63) is 0 Å². The molecule has 1 radical (unpaired) electrons. The smallest absolute Gasteiger partial charge is 1.00 e. The zero-order chi connectivity index (χ0) is 0. The molecule has 0 amide bonds. The molecule has 0 fully saturated rings. The number of hydrogen-bond acceptors (Lipinski definition) is 0. The Labute approximate surface area is 99.6 Å². The maximum absolute atomic E-state index is 0. The van der Waals surface area contributed by atoms with Crippen LogP contribution in [0.1, 0.15) is 0 Å². The van der Waals surface area contributed by atoms with Crippen molar-refractivity contribution in [2.24, 2.45) is 0 Å². The van der Waals surface area contributed by atoms with Crippen molar-refractivity contribution in [3.63, 3.8) is 0 Å². The Morgan fingerprint density at radius 3 is 0.333 bits per heavy atom. The first-order chi connectivity index (χ1) is 0. The molecule has 0 aliphatic heterocycles. The third-order valence-electron chi connectivity index (χ3n) is 0. The van der Waals surface area contributed by atoms with Crippen molar-refractivity contribution in [2.45, 2.75) is 0 Å². The average molecular weight is 364 g/mol. The van der Waals surface area contributed by atoms with Gasteiger partial charge in [0.25, 0.3) is 0 Å². The summed E-state index contributed by atoms with van der Waals surface area (Å²) in [6.07, 6.45) is 0. The number of rotatable bonds is 0. The molecule has 0 saturated carbocycles. The van der Waals surface area contributed by atoms with Gasteiger partial charge in [-0.2, -0.15) is 0 Å². The summed E-state index contributed by atoms with van der Waals surface area (Å²) in [5.74, 6) is 0. The van der Waals surface area contributed by atoms with Crippen LogP contribution in [0.2, 0.25) is 0 Å². The maximum atomic E-state index is 0. The zero-order valence-corrected chi connectivity index (χ0v) is 9.24. The minimum absolute atomic E-state index is 0. The average Bonchev–Trinajstić information content (AvgIpc) is 0. The number of halogens is 7. The fourth-order valence-electron chi connectivity index (χ4n) is 0. The van der Waals surface area contributed by atoms with Crippen LogP contribution in [0.4, 0.5) is 0 Å². The molecule has 0 rings (SSSR count). The molecule has 0 aliphatic rings. The summed E-state index contributed by atoms with van der Waals surface area (Å²) < 4.78 is 0. The van der Waals surface area contributed by atoms with Gasteiger partial charge in [0.1, 0.15) is 0 Å². The van der Waals surface area contributed by atoms with E-state index in [1.807, 2.05) is 0 Å². The SMILES string of the molecule is [Ce+3].[F-].[F-].[F-].[F-].[F-].[F-].[F-].[Zr+4]. The van der Waals surface area contributed by atoms with Crippen LogP contribution in [0.25, 0.3) is 0 Å². The molecule has 0 heterocycles. The van der Waals surface area contributed by atoms with Gasteiger partial charge in [0.05, 0.1) is 0 Å². The molecule has 0 unspecified atom stereocenters. The van der Waals surface area contributed by atoms with Crippen molar-refractivity contribution in [2.75, 3.05) is 0 Å². The van der Waals surface area contributed by atoms with Crippen molar-refractivity contribution in [1.82, 2.24) is 0 Å². The minimum Gasteiger partial charge on any atom is -1.00 e. The predicted octanol–water partition coefficient (Wildman–Crippen LogP) is -21.0. The van der Waals surface area contributed by atoms with Gasteiger partial charge >= 0.3 is 68.0 Å².